The van der Waals surface area contributed by atoms with Crippen molar-refractivity contribution in [3.63, 3.8) is 0 Å². The highest BCUT2D eigenvalue weighted by molar-refractivity contribution is 5.77. The number of nitrogens with zero attached hydrogens (tertiary/aromatic N) is 2. The van der Waals surface area contributed by atoms with Crippen molar-refractivity contribution in [1.29, 1.82) is 0 Å². The quantitative estimate of drug-likeness (QED) is 0.763. The van der Waals surface area contributed by atoms with Gasteiger partial charge in [0, 0.05) is 31.7 Å². The summed E-state index contributed by atoms with van der Waals surface area (Å²) in [4.78, 5) is 25.5. The molecule has 0 radical (unpaired) electrons. The highest BCUT2D eigenvalue weighted by Crippen LogP contribution is 2.39. The zero-order chi connectivity index (χ0) is 17.3. The first kappa shape index (κ1) is 17.0. The van der Waals surface area contributed by atoms with Crippen molar-refractivity contribution in [3.8, 4) is 0 Å². The maximum atomic E-state index is 12.5. The van der Waals surface area contributed by atoms with Crippen molar-refractivity contribution in [2.24, 2.45) is 5.41 Å². The van der Waals surface area contributed by atoms with E-state index >= 15 is 0 Å². The van der Waals surface area contributed by atoms with Gasteiger partial charge in [-0.3, -0.25) is 14.7 Å². The Morgan fingerprint density at radius 1 is 1.33 bits per heavy atom. The summed E-state index contributed by atoms with van der Waals surface area (Å²) in [5, 5.41) is 19.4. The van der Waals surface area contributed by atoms with E-state index in [9.17, 15) is 9.59 Å². The van der Waals surface area contributed by atoms with Crippen LogP contribution in [0.4, 0.5) is 0 Å². The van der Waals surface area contributed by atoms with Gasteiger partial charge in [-0.2, -0.15) is 5.10 Å². The van der Waals surface area contributed by atoms with Gasteiger partial charge in [0.2, 0.25) is 5.91 Å². The average molecular weight is 334 g/mol. The Morgan fingerprint density at radius 3 is 2.58 bits per heavy atom. The number of hydrogen-bond acceptors (Lipinski definition) is 4. The number of amides is 1. The Kier molecular flexibility index (Phi) is 4.62. The second kappa shape index (κ2) is 6.55. The lowest BCUT2D eigenvalue weighted by molar-refractivity contribution is -0.139. The minimum Gasteiger partial charge on any atom is -0.480 e. The molecule has 0 saturated carbocycles. The van der Waals surface area contributed by atoms with Gasteiger partial charge in [0.1, 0.15) is 6.04 Å². The molecule has 132 valence electrons. The standard InChI is InChI=1S/C17H26N4O3/c1-11-13(12(2)20-19-11)3-4-15(22)21-7-5-17(6-8-21)9-14(16(23)24)18-10-17/h14,18H,3-10H2,1-2H3,(H,19,20)(H,23,24)/t14-/m0/s1. The number of likely N-dealkylation sites (tertiary alicyclic amines) is 1. The molecule has 1 aromatic heterocycles. The lowest BCUT2D eigenvalue weighted by Gasteiger charge is -2.39. The van der Waals surface area contributed by atoms with Gasteiger partial charge < -0.3 is 15.3 Å². The molecule has 2 aliphatic rings. The number of hydrogen-bond donors (Lipinski definition) is 3. The first-order valence-corrected chi connectivity index (χ1v) is 8.65. The Morgan fingerprint density at radius 2 is 2.04 bits per heavy atom. The van der Waals surface area contributed by atoms with Crippen molar-refractivity contribution in [1.82, 2.24) is 20.4 Å². The van der Waals surface area contributed by atoms with Gasteiger partial charge in [-0.15, -0.1) is 0 Å². The molecule has 0 aromatic carbocycles. The largest absolute Gasteiger partial charge is 0.480 e. The molecule has 3 N–H and O–H groups in total. The number of aryl methyl sites for hydroxylation is 2. The fourth-order valence-corrected chi connectivity index (χ4v) is 4.04. The molecule has 2 saturated heterocycles. The summed E-state index contributed by atoms with van der Waals surface area (Å²) in [5.74, 6) is -0.582. The Balaban J connectivity index is 1.50. The van der Waals surface area contributed by atoms with E-state index in [1.54, 1.807) is 0 Å². The molecule has 0 bridgehead atoms. The monoisotopic (exact) mass is 334 g/mol. The normalized spacial score (nSPS) is 22.9. The maximum Gasteiger partial charge on any atom is 0.320 e. The third-order valence-electron chi connectivity index (χ3n) is 5.71. The Bertz CT molecular complexity index is 612. The molecule has 0 unspecified atom stereocenters. The number of aliphatic carboxylic acids is 1. The summed E-state index contributed by atoms with van der Waals surface area (Å²) in [5.41, 5.74) is 3.20. The van der Waals surface area contributed by atoms with Crippen LogP contribution in [-0.2, 0) is 16.0 Å². The summed E-state index contributed by atoms with van der Waals surface area (Å²) in [6.07, 6.45) is 3.68. The zero-order valence-electron chi connectivity index (χ0n) is 14.4. The fourth-order valence-electron chi connectivity index (χ4n) is 4.04. The topological polar surface area (TPSA) is 98.3 Å². The van der Waals surface area contributed by atoms with Crippen LogP contribution in [0.25, 0.3) is 0 Å². The van der Waals surface area contributed by atoms with E-state index in [-0.39, 0.29) is 11.3 Å². The summed E-state index contributed by atoms with van der Waals surface area (Å²) >= 11 is 0. The fraction of sp³-hybridized carbons (Fsp3) is 0.706. The van der Waals surface area contributed by atoms with Gasteiger partial charge in [0.15, 0.2) is 0 Å². The van der Waals surface area contributed by atoms with Crippen LogP contribution >= 0.6 is 0 Å². The van der Waals surface area contributed by atoms with E-state index in [0.717, 1.165) is 55.8 Å². The highest BCUT2D eigenvalue weighted by atomic mass is 16.4. The van der Waals surface area contributed by atoms with Gasteiger partial charge in [-0.05, 0) is 50.5 Å². The number of carboxylic acids is 1. The first-order chi connectivity index (χ1) is 11.4. The molecule has 0 aliphatic carbocycles. The molecular weight excluding hydrogens is 308 g/mol. The predicted molar refractivity (Wildman–Crippen MR) is 88.7 cm³/mol. The Labute approximate surface area is 141 Å². The SMILES string of the molecule is Cc1n[nH]c(C)c1CCC(=O)N1CCC2(CC1)CN[C@H](C(=O)O)C2. The van der Waals surface area contributed by atoms with Crippen molar-refractivity contribution in [3.05, 3.63) is 17.0 Å². The molecule has 1 amide bonds. The second-order valence-electron chi connectivity index (χ2n) is 7.27. The molecule has 2 aliphatic heterocycles. The number of aromatic nitrogens is 2. The second-order valence-corrected chi connectivity index (χ2v) is 7.27. The number of carboxylic acid groups (broad SMARTS) is 1. The van der Waals surface area contributed by atoms with Crippen molar-refractivity contribution >= 4 is 11.9 Å². The van der Waals surface area contributed by atoms with Gasteiger partial charge in [0.05, 0.1) is 5.69 Å². The van der Waals surface area contributed by atoms with Crippen LogP contribution in [0.5, 0.6) is 0 Å². The number of piperidine rings is 1. The molecule has 3 heterocycles. The summed E-state index contributed by atoms with van der Waals surface area (Å²) in [7, 11) is 0. The van der Waals surface area contributed by atoms with E-state index in [1.165, 1.54) is 0 Å². The van der Waals surface area contributed by atoms with Gasteiger partial charge in [0.25, 0.3) is 0 Å². The van der Waals surface area contributed by atoms with Crippen molar-refractivity contribution in [2.75, 3.05) is 19.6 Å². The number of nitrogens with one attached hydrogen (secondary N) is 2. The number of aromatic amines is 1. The van der Waals surface area contributed by atoms with E-state index in [4.69, 9.17) is 5.11 Å². The maximum absolute atomic E-state index is 12.5. The van der Waals surface area contributed by atoms with Crippen LogP contribution in [0.15, 0.2) is 0 Å². The zero-order valence-corrected chi connectivity index (χ0v) is 14.4. The minimum absolute atomic E-state index is 0.0531. The van der Waals surface area contributed by atoms with E-state index in [1.807, 2.05) is 18.7 Å². The number of rotatable bonds is 4. The molecule has 1 spiro atoms. The highest BCUT2D eigenvalue weighted by Gasteiger charge is 2.44. The molecule has 7 nitrogen and oxygen atoms in total. The lowest BCUT2D eigenvalue weighted by atomic mass is 9.76. The molecule has 2 fully saturated rings. The Hall–Kier alpha value is -1.89. The van der Waals surface area contributed by atoms with Crippen LogP contribution in [0.2, 0.25) is 0 Å². The smallest absolute Gasteiger partial charge is 0.320 e. The molecule has 1 aromatic rings. The summed E-state index contributed by atoms with van der Waals surface area (Å²) < 4.78 is 0. The van der Waals surface area contributed by atoms with Gasteiger partial charge >= 0.3 is 5.97 Å². The van der Waals surface area contributed by atoms with Crippen LogP contribution in [0.1, 0.15) is 42.6 Å². The van der Waals surface area contributed by atoms with Gasteiger partial charge in [-0.25, -0.2) is 0 Å². The third kappa shape index (κ3) is 3.31. The number of carbonyl (C=O) groups excluding carboxylic acids is 1. The minimum atomic E-state index is -0.767. The summed E-state index contributed by atoms with van der Waals surface area (Å²) in [6.45, 7) is 6.15. The van der Waals surface area contributed by atoms with Crippen LogP contribution in [0.3, 0.4) is 0 Å². The van der Waals surface area contributed by atoms with Crippen molar-refractivity contribution < 1.29 is 14.7 Å². The predicted octanol–water partition coefficient (Wildman–Crippen LogP) is 1.01. The third-order valence-corrected chi connectivity index (χ3v) is 5.71. The van der Waals surface area contributed by atoms with Crippen molar-refractivity contribution in [2.45, 2.75) is 52.0 Å². The van der Waals surface area contributed by atoms with Crippen LogP contribution in [0, 0.1) is 19.3 Å². The summed E-state index contributed by atoms with van der Waals surface area (Å²) in [6, 6.07) is -0.431. The van der Waals surface area contributed by atoms with Gasteiger partial charge in [-0.1, -0.05) is 0 Å². The molecule has 3 rings (SSSR count). The molecular formula is C17H26N4O3. The average Bonchev–Trinajstić information content (AvgIpc) is 3.11. The molecule has 1 atom stereocenters. The van der Waals surface area contributed by atoms with Crippen LogP contribution < -0.4 is 5.32 Å². The lowest BCUT2D eigenvalue weighted by Crippen LogP contribution is -2.44. The van der Waals surface area contributed by atoms with E-state index < -0.39 is 12.0 Å². The molecule has 7 heteroatoms. The number of H-pyrrole nitrogens is 1. The number of carbonyl (C=O) groups is 2. The molecule has 24 heavy (non-hydrogen) atoms. The van der Waals surface area contributed by atoms with E-state index in [0.29, 0.717) is 12.8 Å². The first-order valence-electron chi connectivity index (χ1n) is 8.65. The van der Waals surface area contributed by atoms with E-state index in [2.05, 4.69) is 15.5 Å². The van der Waals surface area contributed by atoms with Crippen LogP contribution in [-0.4, -0.2) is 57.8 Å².